The van der Waals surface area contributed by atoms with Crippen molar-refractivity contribution in [2.24, 2.45) is 0 Å². The lowest BCUT2D eigenvalue weighted by molar-refractivity contribution is -0.132. The highest BCUT2D eigenvalue weighted by molar-refractivity contribution is 7.22. The fraction of sp³-hybridized carbons (Fsp3) is 0.125. The Labute approximate surface area is 195 Å². The van der Waals surface area contributed by atoms with Crippen LogP contribution < -0.4 is 4.90 Å². The van der Waals surface area contributed by atoms with Crippen LogP contribution in [0, 0.1) is 25.5 Å². The van der Waals surface area contributed by atoms with E-state index in [0.717, 1.165) is 34.6 Å². The van der Waals surface area contributed by atoms with Crippen LogP contribution in [0.25, 0.3) is 16.0 Å². The van der Waals surface area contributed by atoms with Crippen LogP contribution in [-0.4, -0.2) is 21.8 Å². The molecule has 9 heteroatoms. The number of hydrogen-bond donors (Lipinski definition) is 1. The number of aliphatic hydroxyl groups is 1. The number of amides is 1. The summed E-state index contributed by atoms with van der Waals surface area (Å²) in [5.41, 5.74) is 2.23. The van der Waals surface area contributed by atoms with Crippen molar-refractivity contribution in [3.05, 3.63) is 86.6 Å². The summed E-state index contributed by atoms with van der Waals surface area (Å²) in [5, 5.41) is 13.2. The molecule has 1 saturated heterocycles. The van der Waals surface area contributed by atoms with Gasteiger partial charge in [-0.2, -0.15) is 0 Å². The molecule has 33 heavy (non-hydrogen) atoms. The van der Waals surface area contributed by atoms with Crippen molar-refractivity contribution in [2.45, 2.75) is 19.9 Å². The highest BCUT2D eigenvalue weighted by Crippen LogP contribution is 2.45. The van der Waals surface area contributed by atoms with E-state index in [1.807, 2.05) is 19.1 Å². The Hall–Kier alpha value is -3.43. The van der Waals surface area contributed by atoms with Gasteiger partial charge in [0.15, 0.2) is 16.8 Å². The number of nitrogens with zero attached hydrogens (tertiary/aromatic N) is 2. The van der Waals surface area contributed by atoms with Gasteiger partial charge < -0.3 is 5.11 Å². The minimum Gasteiger partial charge on any atom is -0.507 e. The van der Waals surface area contributed by atoms with Gasteiger partial charge in [-0.05, 0) is 43.0 Å². The van der Waals surface area contributed by atoms with E-state index >= 15 is 0 Å². The zero-order valence-electron chi connectivity index (χ0n) is 17.4. The first-order valence-electron chi connectivity index (χ1n) is 9.94. The van der Waals surface area contributed by atoms with Crippen molar-refractivity contribution in [1.29, 1.82) is 0 Å². The molecular weight excluding hydrogens is 466 g/mol. The first-order chi connectivity index (χ1) is 15.8. The summed E-state index contributed by atoms with van der Waals surface area (Å²) in [7, 11) is 0. The molecule has 1 amide bonds. The van der Waals surface area contributed by atoms with Crippen molar-refractivity contribution in [3.63, 3.8) is 0 Å². The second kappa shape index (κ2) is 7.86. The van der Waals surface area contributed by atoms with E-state index in [4.69, 9.17) is 0 Å². The van der Waals surface area contributed by atoms with E-state index in [9.17, 15) is 23.5 Å². The molecule has 1 unspecified atom stereocenters. The molecule has 4 aromatic rings. The monoisotopic (exact) mass is 482 g/mol. The summed E-state index contributed by atoms with van der Waals surface area (Å²) in [5.74, 6) is -4.05. The van der Waals surface area contributed by atoms with Gasteiger partial charge in [0.05, 0.1) is 15.8 Å². The quantitative estimate of drug-likeness (QED) is 0.225. The number of thiophene rings is 1. The van der Waals surface area contributed by atoms with Gasteiger partial charge >= 0.3 is 5.91 Å². The molecule has 2 aromatic heterocycles. The van der Waals surface area contributed by atoms with Crippen molar-refractivity contribution < 1.29 is 23.5 Å². The number of aliphatic hydroxyl groups excluding tert-OH is 1. The molecule has 5 nitrogen and oxygen atoms in total. The SMILES string of the molecule is Cc1ccc(C)c(/C(O)=C2\C(=O)C(=O)N(c3nc4cc(F)c(F)cc4s3)C2c2cccs2)c1. The van der Waals surface area contributed by atoms with Crippen LogP contribution in [-0.2, 0) is 9.59 Å². The number of carbonyl (C=O) groups is 2. The fourth-order valence-corrected chi connectivity index (χ4v) is 5.72. The van der Waals surface area contributed by atoms with Crippen LogP contribution in [0.3, 0.4) is 0 Å². The van der Waals surface area contributed by atoms with Crippen LogP contribution in [0.4, 0.5) is 13.9 Å². The number of thiazole rings is 1. The molecule has 2 aromatic carbocycles. The van der Waals surface area contributed by atoms with E-state index in [2.05, 4.69) is 4.98 Å². The summed E-state index contributed by atoms with van der Waals surface area (Å²) in [6.45, 7) is 3.67. The summed E-state index contributed by atoms with van der Waals surface area (Å²) < 4.78 is 27.8. The van der Waals surface area contributed by atoms with Crippen molar-refractivity contribution >= 4 is 55.5 Å². The topological polar surface area (TPSA) is 70.5 Å². The number of Topliss-reactive ketones (excluding diaryl/α,β-unsaturated/α-hetero) is 1. The molecular formula is C24H16F2N2O3S2. The third kappa shape index (κ3) is 3.44. The molecule has 166 valence electrons. The van der Waals surface area contributed by atoms with Gasteiger partial charge in [0.2, 0.25) is 0 Å². The van der Waals surface area contributed by atoms with E-state index < -0.39 is 29.4 Å². The number of rotatable bonds is 3. The molecule has 5 rings (SSSR count). The summed E-state index contributed by atoms with van der Waals surface area (Å²) in [4.78, 5) is 32.5. The molecule has 1 N–H and O–H groups in total. The minimum absolute atomic E-state index is 0.0484. The fourth-order valence-electron chi connectivity index (χ4n) is 3.90. The summed E-state index contributed by atoms with van der Waals surface area (Å²) in [6, 6.07) is 10.1. The number of ketones is 1. The Kier molecular flexibility index (Phi) is 5.10. The van der Waals surface area contributed by atoms with E-state index in [1.54, 1.807) is 30.5 Å². The van der Waals surface area contributed by atoms with E-state index in [0.29, 0.717) is 15.1 Å². The molecule has 0 bridgehead atoms. The Morgan fingerprint density at radius 3 is 2.58 bits per heavy atom. The third-order valence-electron chi connectivity index (χ3n) is 5.53. The molecule has 1 atom stereocenters. The van der Waals surface area contributed by atoms with Crippen molar-refractivity contribution in [3.8, 4) is 0 Å². The van der Waals surface area contributed by atoms with E-state index in [-0.39, 0.29) is 22.0 Å². The maximum absolute atomic E-state index is 13.7. The van der Waals surface area contributed by atoms with Crippen LogP contribution in [0.15, 0.2) is 53.4 Å². The molecule has 0 aliphatic carbocycles. The van der Waals surface area contributed by atoms with Crippen LogP contribution in [0.1, 0.15) is 27.6 Å². The lowest BCUT2D eigenvalue weighted by Gasteiger charge is -2.21. The molecule has 0 spiro atoms. The Balaban J connectivity index is 1.74. The van der Waals surface area contributed by atoms with Gasteiger partial charge in [0.1, 0.15) is 11.8 Å². The number of aromatic nitrogens is 1. The lowest BCUT2D eigenvalue weighted by atomic mass is 9.96. The number of benzene rings is 2. The maximum atomic E-state index is 13.7. The molecule has 1 aliphatic rings. The largest absolute Gasteiger partial charge is 0.507 e. The predicted molar refractivity (Wildman–Crippen MR) is 125 cm³/mol. The van der Waals surface area contributed by atoms with Crippen LogP contribution in [0.5, 0.6) is 0 Å². The first kappa shape index (κ1) is 21.4. The molecule has 1 fully saturated rings. The van der Waals surface area contributed by atoms with Gasteiger partial charge in [0, 0.05) is 16.5 Å². The predicted octanol–water partition coefficient (Wildman–Crippen LogP) is 5.88. The summed E-state index contributed by atoms with van der Waals surface area (Å²) >= 11 is 2.30. The van der Waals surface area contributed by atoms with Gasteiger partial charge in [-0.25, -0.2) is 13.8 Å². The molecule has 1 aliphatic heterocycles. The van der Waals surface area contributed by atoms with E-state index in [1.165, 1.54) is 16.2 Å². The van der Waals surface area contributed by atoms with Gasteiger partial charge in [-0.1, -0.05) is 35.1 Å². The standard InChI is InChI=1S/C24H16F2N2O3S2/c1-11-5-6-12(2)13(8-11)21(29)19-20(17-4-3-7-32-17)28(23(31)22(19)30)24-27-16-9-14(25)15(26)10-18(16)33-24/h3-10,20,29H,1-2H3/b21-19+. The highest BCUT2D eigenvalue weighted by atomic mass is 32.1. The number of hydrogen-bond acceptors (Lipinski definition) is 6. The number of anilines is 1. The number of carbonyl (C=O) groups excluding carboxylic acids is 2. The molecule has 0 saturated carbocycles. The van der Waals surface area contributed by atoms with Gasteiger partial charge in [0.25, 0.3) is 5.78 Å². The van der Waals surface area contributed by atoms with Gasteiger partial charge in [-0.15, -0.1) is 11.3 Å². The number of fused-ring (bicyclic) bond motifs is 1. The molecule has 0 radical (unpaired) electrons. The number of halogens is 2. The average molecular weight is 483 g/mol. The average Bonchev–Trinajstić information content (AvgIpc) is 3.49. The van der Waals surface area contributed by atoms with Crippen molar-refractivity contribution in [1.82, 2.24) is 4.98 Å². The van der Waals surface area contributed by atoms with Gasteiger partial charge in [-0.3, -0.25) is 14.5 Å². The maximum Gasteiger partial charge on any atom is 0.301 e. The highest BCUT2D eigenvalue weighted by Gasteiger charge is 2.48. The second-order valence-corrected chi connectivity index (χ2v) is 9.72. The van der Waals surface area contributed by atoms with Crippen LogP contribution in [0.2, 0.25) is 0 Å². The second-order valence-electron chi connectivity index (χ2n) is 7.73. The Bertz CT molecular complexity index is 1440. The Morgan fingerprint density at radius 1 is 1.09 bits per heavy atom. The normalized spacial score (nSPS) is 17.9. The minimum atomic E-state index is -1.05. The van der Waals surface area contributed by atoms with Crippen LogP contribution >= 0.6 is 22.7 Å². The smallest absolute Gasteiger partial charge is 0.301 e. The first-order valence-corrected chi connectivity index (χ1v) is 11.6. The molecule has 3 heterocycles. The zero-order valence-corrected chi connectivity index (χ0v) is 19.1. The van der Waals surface area contributed by atoms with Crippen molar-refractivity contribution in [2.75, 3.05) is 4.90 Å². The summed E-state index contributed by atoms with van der Waals surface area (Å²) in [6.07, 6.45) is 0. The Morgan fingerprint density at radius 2 is 1.85 bits per heavy atom. The number of aryl methyl sites for hydroxylation is 2. The lowest BCUT2D eigenvalue weighted by Crippen LogP contribution is -2.28. The third-order valence-corrected chi connectivity index (χ3v) is 7.47. The zero-order chi connectivity index (χ0) is 23.4.